The average Bonchev–Trinajstić information content (AvgIpc) is 3.11. The summed E-state index contributed by atoms with van der Waals surface area (Å²) in [7, 11) is 0. The number of aliphatic hydroxyl groups is 1. The molecular formula is C18H14ClNO2S. The maximum atomic E-state index is 12.3. The van der Waals surface area contributed by atoms with E-state index in [9.17, 15) is 9.90 Å². The van der Waals surface area contributed by atoms with Crippen LogP contribution < -0.4 is 5.32 Å². The van der Waals surface area contributed by atoms with E-state index >= 15 is 0 Å². The second kappa shape index (κ2) is 6.96. The van der Waals surface area contributed by atoms with Crippen LogP contribution in [0.25, 0.3) is 0 Å². The van der Waals surface area contributed by atoms with E-state index in [1.54, 1.807) is 24.3 Å². The molecule has 0 bridgehead atoms. The Morgan fingerprint density at radius 3 is 2.57 bits per heavy atom. The van der Waals surface area contributed by atoms with Crippen LogP contribution in [0.2, 0.25) is 5.02 Å². The molecule has 1 atom stereocenters. The van der Waals surface area contributed by atoms with E-state index < -0.39 is 6.10 Å². The van der Waals surface area contributed by atoms with Crippen molar-refractivity contribution in [1.82, 2.24) is 0 Å². The van der Waals surface area contributed by atoms with Gasteiger partial charge >= 0.3 is 0 Å². The van der Waals surface area contributed by atoms with Crippen molar-refractivity contribution in [3.63, 3.8) is 0 Å². The highest BCUT2D eigenvalue weighted by atomic mass is 35.5. The molecule has 1 amide bonds. The molecule has 0 unspecified atom stereocenters. The minimum absolute atomic E-state index is 0.205. The fraction of sp³-hybridized carbons (Fsp3) is 0.0556. The summed E-state index contributed by atoms with van der Waals surface area (Å²) in [5, 5.41) is 15.8. The summed E-state index contributed by atoms with van der Waals surface area (Å²) in [6, 6.07) is 17.9. The number of thiophene rings is 1. The largest absolute Gasteiger partial charge is 0.384 e. The normalized spacial score (nSPS) is 11.9. The van der Waals surface area contributed by atoms with Gasteiger partial charge in [-0.05, 0) is 35.2 Å². The van der Waals surface area contributed by atoms with Gasteiger partial charge in [0.05, 0.1) is 4.88 Å². The van der Waals surface area contributed by atoms with Gasteiger partial charge in [0.1, 0.15) is 6.10 Å². The van der Waals surface area contributed by atoms with Gasteiger partial charge in [-0.1, -0.05) is 48.0 Å². The maximum Gasteiger partial charge on any atom is 0.265 e. The molecule has 2 aromatic carbocycles. The highest BCUT2D eigenvalue weighted by molar-refractivity contribution is 7.12. The second-order valence-corrected chi connectivity index (χ2v) is 6.36. The van der Waals surface area contributed by atoms with Crippen LogP contribution in [0.15, 0.2) is 66.0 Å². The van der Waals surface area contributed by atoms with E-state index in [0.717, 1.165) is 5.56 Å². The zero-order valence-electron chi connectivity index (χ0n) is 12.1. The number of rotatable bonds is 4. The first-order valence-electron chi connectivity index (χ1n) is 7.02. The van der Waals surface area contributed by atoms with Crippen molar-refractivity contribution in [3.8, 4) is 0 Å². The predicted octanol–water partition coefficient (Wildman–Crippen LogP) is 4.74. The van der Waals surface area contributed by atoms with Crippen molar-refractivity contribution in [1.29, 1.82) is 0 Å². The fourth-order valence-electron chi connectivity index (χ4n) is 2.28. The molecule has 1 aromatic heterocycles. The van der Waals surface area contributed by atoms with Crippen LogP contribution in [0.4, 0.5) is 5.69 Å². The lowest BCUT2D eigenvalue weighted by Gasteiger charge is -2.17. The average molecular weight is 344 g/mol. The summed E-state index contributed by atoms with van der Waals surface area (Å²) in [5.74, 6) is -0.205. The fourth-order valence-corrected chi connectivity index (χ4v) is 3.08. The zero-order chi connectivity index (χ0) is 16.2. The van der Waals surface area contributed by atoms with Crippen LogP contribution in [0.1, 0.15) is 26.9 Å². The van der Waals surface area contributed by atoms with Crippen molar-refractivity contribution in [2.24, 2.45) is 0 Å². The van der Waals surface area contributed by atoms with Gasteiger partial charge < -0.3 is 10.4 Å². The Labute approximate surface area is 143 Å². The Balaban J connectivity index is 1.93. The number of benzene rings is 2. The number of aliphatic hydroxyl groups excluding tert-OH is 1. The third-order valence-electron chi connectivity index (χ3n) is 3.42. The van der Waals surface area contributed by atoms with E-state index in [1.165, 1.54) is 11.3 Å². The summed E-state index contributed by atoms with van der Waals surface area (Å²) < 4.78 is 0. The van der Waals surface area contributed by atoms with Gasteiger partial charge in [-0.15, -0.1) is 11.3 Å². The molecule has 0 spiro atoms. The van der Waals surface area contributed by atoms with Crippen LogP contribution in [0.5, 0.6) is 0 Å². The SMILES string of the molecule is O=C(Nc1ccc(Cl)cc1[C@@H](O)c1ccccc1)c1cccs1. The number of halogens is 1. The number of nitrogens with one attached hydrogen (secondary N) is 1. The van der Waals surface area contributed by atoms with E-state index in [4.69, 9.17) is 11.6 Å². The Kier molecular flexibility index (Phi) is 4.76. The molecule has 3 rings (SSSR count). The van der Waals surface area contributed by atoms with Crippen LogP contribution >= 0.6 is 22.9 Å². The van der Waals surface area contributed by atoms with Gasteiger partial charge in [-0.25, -0.2) is 0 Å². The van der Waals surface area contributed by atoms with Gasteiger partial charge in [-0.2, -0.15) is 0 Å². The van der Waals surface area contributed by atoms with Gasteiger partial charge in [0.15, 0.2) is 0 Å². The quantitative estimate of drug-likeness (QED) is 0.719. The number of carbonyl (C=O) groups is 1. The van der Waals surface area contributed by atoms with Crippen LogP contribution in [0.3, 0.4) is 0 Å². The Bertz CT molecular complexity index is 803. The summed E-state index contributed by atoms with van der Waals surface area (Å²) in [6.45, 7) is 0. The first-order chi connectivity index (χ1) is 11.1. The molecular weight excluding hydrogens is 330 g/mol. The monoisotopic (exact) mass is 343 g/mol. The van der Waals surface area contributed by atoms with E-state index in [0.29, 0.717) is 21.2 Å². The van der Waals surface area contributed by atoms with Crippen LogP contribution in [-0.2, 0) is 0 Å². The van der Waals surface area contributed by atoms with Crippen molar-refractivity contribution in [2.45, 2.75) is 6.10 Å². The first-order valence-corrected chi connectivity index (χ1v) is 8.28. The first kappa shape index (κ1) is 15.7. The summed E-state index contributed by atoms with van der Waals surface area (Å²) >= 11 is 7.43. The molecule has 3 nitrogen and oxygen atoms in total. The summed E-state index contributed by atoms with van der Waals surface area (Å²) in [5.41, 5.74) is 1.85. The summed E-state index contributed by atoms with van der Waals surface area (Å²) in [6.07, 6.45) is -0.867. The van der Waals surface area contributed by atoms with Crippen molar-refractivity contribution in [2.75, 3.05) is 5.32 Å². The molecule has 23 heavy (non-hydrogen) atoms. The Morgan fingerprint density at radius 1 is 1.09 bits per heavy atom. The van der Waals surface area contributed by atoms with Gasteiger partial charge in [0.2, 0.25) is 0 Å². The summed E-state index contributed by atoms with van der Waals surface area (Å²) in [4.78, 5) is 12.9. The van der Waals surface area contributed by atoms with Gasteiger partial charge in [0.25, 0.3) is 5.91 Å². The molecule has 0 fully saturated rings. The molecule has 0 saturated heterocycles. The number of carbonyl (C=O) groups excluding carboxylic acids is 1. The lowest BCUT2D eigenvalue weighted by Crippen LogP contribution is -2.13. The molecule has 0 radical (unpaired) electrons. The van der Waals surface area contributed by atoms with Crippen LogP contribution in [-0.4, -0.2) is 11.0 Å². The molecule has 3 aromatic rings. The molecule has 5 heteroatoms. The molecule has 0 aliphatic carbocycles. The van der Waals surface area contributed by atoms with E-state index in [-0.39, 0.29) is 5.91 Å². The Hall–Kier alpha value is -2.14. The van der Waals surface area contributed by atoms with Gasteiger partial charge in [0, 0.05) is 16.3 Å². The number of amides is 1. The third-order valence-corrected chi connectivity index (χ3v) is 4.52. The molecule has 2 N–H and O–H groups in total. The van der Waals surface area contributed by atoms with Crippen molar-refractivity contribution < 1.29 is 9.90 Å². The minimum atomic E-state index is -0.867. The van der Waals surface area contributed by atoms with Crippen molar-refractivity contribution in [3.05, 3.63) is 87.1 Å². The number of anilines is 1. The Morgan fingerprint density at radius 2 is 1.87 bits per heavy atom. The maximum absolute atomic E-state index is 12.3. The number of hydrogen-bond acceptors (Lipinski definition) is 3. The van der Waals surface area contributed by atoms with Gasteiger partial charge in [-0.3, -0.25) is 4.79 Å². The molecule has 116 valence electrons. The van der Waals surface area contributed by atoms with Crippen LogP contribution in [0, 0.1) is 0 Å². The third kappa shape index (κ3) is 3.62. The highest BCUT2D eigenvalue weighted by Gasteiger charge is 2.17. The molecule has 0 aliphatic rings. The van der Waals surface area contributed by atoms with Crippen molar-refractivity contribution >= 4 is 34.5 Å². The highest BCUT2D eigenvalue weighted by Crippen LogP contribution is 2.31. The molecule has 0 aliphatic heterocycles. The molecule has 0 saturated carbocycles. The lowest BCUT2D eigenvalue weighted by atomic mass is 10.00. The van der Waals surface area contributed by atoms with E-state index in [1.807, 2.05) is 41.8 Å². The second-order valence-electron chi connectivity index (χ2n) is 4.98. The topological polar surface area (TPSA) is 49.3 Å². The number of hydrogen-bond donors (Lipinski definition) is 2. The minimum Gasteiger partial charge on any atom is -0.384 e. The zero-order valence-corrected chi connectivity index (χ0v) is 13.6. The smallest absolute Gasteiger partial charge is 0.265 e. The predicted molar refractivity (Wildman–Crippen MR) is 94.2 cm³/mol. The van der Waals surface area contributed by atoms with E-state index in [2.05, 4.69) is 5.32 Å². The standard InChI is InChI=1S/C18H14ClNO2S/c19-13-8-9-15(20-18(22)16-7-4-10-23-16)14(11-13)17(21)12-5-2-1-3-6-12/h1-11,17,21H,(H,20,22)/t17-/m0/s1. The lowest BCUT2D eigenvalue weighted by molar-refractivity contribution is 0.103. The molecule has 1 heterocycles.